The molecule has 0 atom stereocenters. The summed E-state index contributed by atoms with van der Waals surface area (Å²) < 4.78 is 12.3. The summed E-state index contributed by atoms with van der Waals surface area (Å²) in [6.45, 7) is 10.3. The van der Waals surface area contributed by atoms with Crippen molar-refractivity contribution in [2.75, 3.05) is 10.6 Å². The summed E-state index contributed by atoms with van der Waals surface area (Å²) in [5.41, 5.74) is 14.6. The van der Waals surface area contributed by atoms with Crippen molar-refractivity contribution in [2.24, 2.45) is 0 Å². The Hall–Kier alpha value is -6.66. The molecule has 2 aromatic heterocycles. The number of hydrogen-bond acceptors (Lipinski definition) is 4. The van der Waals surface area contributed by atoms with E-state index in [2.05, 4.69) is 133 Å². The number of anilines is 2. The minimum atomic E-state index is 0.742. The molecule has 6 heteroatoms. The maximum absolute atomic E-state index is 6.15. The Kier molecular flexibility index (Phi) is 8.43. The van der Waals surface area contributed by atoms with Crippen LogP contribution in [-0.2, 0) is 13.1 Å². The lowest BCUT2D eigenvalue weighted by Gasteiger charge is -2.13. The van der Waals surface area contributed by atoms with Crippen LogP contribution in [0.1, 0.15) is 33.4 Å². The molecular weight excluding hydrogens is 665 g/mol. The van der Waals surface area contributed by atoms with Gasteiger partial charge in [0.25, 0.3) is 0 Å². The number of aromatic nitrogens is 2. The zero-order valence-electron chi connectivity index (χ0n) is 30.9. The first-order valence-corrected chi connectivity index (χ1v) is 18.5. The van der Waals surface area contributed by atoms with Crippen molar-refractivity contribution in [1.82, 2.24) is 9.97 Å². The molecule has 0 saturated carbocycles. The fraction of sp³-hybridized carbons (Fsp3) is 0.125. The number of ether oxygens (including phenoxy) is 2. The number of H-pyrrole nitrogens is 2. The molecule has 266 valence electrons. The van der Waals surface area contributed by atoms with E-state index >= 15 is 0 Å². The third-order valence-electron chi connectivity index (χ3n) is 10.7. The smallest absolute Gasteiger partial charge is 0.127 e. The predicted octanol–water partition coefficient (Wildman–Crippen LogP) is 13.0. The van der Waals surface area contributed by atoms with E-state index in [0.29, 0.717) is 0 Å². The van der Waals surface area contributed by atoms with Gasteiger partial charge in [-0.1, -0.05) is 48.5 Å². The summed E-state index contributed by atoms with van der Waals surface area (Å²) in [4.78, 5) is 7.21. The zero-order valence-corrected chi connectivity index (χ0v) is 30.9. The first-order valence-electron chi connectivity index (χ1n) is 18.5. The summed E-state index contributed by atoms with van der Waals surface area (Å²) in [5, 5.41) is 12.4. The van der Waals surface area contributed by atoms with Gasteiger partial charge in [-0.15, -0.1) is 0 Å². The summed E-state index contributed by atoms with van der Waals surface area (Å²) in [7, 11) is 0. The van der Waals surface area contributed by atoms with E-state index < -0.39 is 0 Å². The highest BCUT2D eigenvalue weighted by molar-refractivity contribution is 6.11. The fourth-order valence-corrected chi connectivity index (χ4v) is 7.75. The molecule has 0 unspecified atom stereocenters. The molecule has 0 saturated heterocycles. The van der Waals surface area contributed by atoms with E-state index in [0.717, 1.165) is 47.5 Å². The lowest BCUT2D eigenvalue weighted by molar-refractivity contribution is 0.469. The van der Waals surface area contributed by atoms with E-state index in [1.807, 2.05) is 48.5 Å². The highest BCUT2D eigenvalue weighted by Crippen LogP contribution is 2.35. The molecule has 0 spiro atoms. The SMILES string of the molecule is Cc1cc(CNc2ccc(Oc3ccc(Oc4ccc(NCc5cc(C)c6[nH]c7ccccc7c6c5C)cc4)cc3)cc2)c(C)c2c1[nH]c1ccccc12. The number of hydrogen-bond donors (Lipinski definition) is 4. The molecule has 7 aromatic carbocycles. The van der Waals surface area contributed by atoms with Crippen molar-refractivity contribution in [3.05, 3.63) is 167 Å². The van der Waals surface area contributed by atoms with E-state index in [1.54, 1.807) is 0 Å². The number of aryl methyl sites for hydroxylation is 4. The van der Waals surface area contributed by atoms with Crippen LogP contribution in [-0.4, -0.2) is 9.97 Å². The van der Waals surface area contributed by atoms with Crippen LogP contribution in [0.2, 0.25) is 0 Å². The van der Waals surface area contributed by atoms with Gasteiger partial charge >= 0.3 is 0 Å². The molecule has 9 aromatic rings. The van der Waals surface area contributed by atoms with Crippen LogP contribution in [0.3, 0.4) is 0 Å². The van der Waals surface area contributed by atoms with Gasteiger partial charge in [0.1, 0.15) is 23.0 Å². The van der Waals surface area contributed by atoms with Gasteiger partial charge in [-0.05, 0) is 146 Å². The van der Waals surface area contributed by atoms with Crippen LogP contribution in [0.5, 0.6) is 23.0 Å². The molecule has 0 aliphatic heterocycles. The molecule has 9 rings (SSSR count). The maximum atomic E-state index is 6.15. The highest BCUT2D eigenvalue weighted by atomic mass is 16.5. The van der Waals surface area contributed by atoms with Gasteiger partial charge in [-0.25, -0.2) is 0 Å². The Morgan fingerprint density at radius 3 is 1.19 bits per heavy atom. The van der Waals surface area contributed by atoms with Crippen molar-refractivity contribution >= 4 is 55.0 Å². The summed E-state index contributed by atoms with van der Waals surface area (Å²) in [6, 6.07) is 45.5. The van der Waals surface area contributed by atoms with Gasteiger partial charge in [-0.3, -0.25) is 0 Å². The third kappa shape index (κ3) is 6.26. The van der Waals surface area contributed by atoms with E-state index in [4.69, 9.17) is 9.47 Å². The second-order valence-corrected chi connectivity index (χ2v) is 14.2. The average molecular weight is 707 g/mol. The molecule has 0 aliphatic rings. The minimum absolute atomic E-state index is 0.742. The Labute approximate surface area is 314 Å². The Balaban J connectivity index is 0.794. The van der Waals surface area contributed by atoms with Gasteiger partial charge in [0.15, 0.2) is 0 Å². The lowest BCUT2D eigenvalue weighted by atomic mass is 9.98. The van der Waals surface area contributed by atoms with Gasteiger partial charge in [-0.2, -0.15) is 0 Å². The monoisotopic (exact) mass is 706 g/mol. The van der Waals surface area contributed by atoms with Crippen LogP contribution >= 0.6 is 0 Å². The second kappa shape index (κ2) is 13.7. The third-order valence-corrected chi connectivity index (χ3v) is 10.7. The molecule has 0 radical (unpaired) electrons. The second-order valence-electron chi connectivity index (χ2n) is 14.2. The average Bonchev–Trinajstić information content (AvgIpc) is 3.79. The van der Waals surface area contributed by atoms with Gasteiger partial charge < -0.3 is 30.1 Å². The Morgan fingerprint density at radius 1 is 0.444 bits per heavy atom. The van der Waals surface area contributed by atoms with Crippen molar-refractivity contribution < 1.29 is 9.47 Å². The summed E-state index contributed by atoms with van der Waals surface area (Å²) in [6.07, 6.45) is 0. The van der Waals surface area contributed by atoms with Crippen LogP contribution < -0.4 is 20.1 Å². The normalized spacial score (nSPS) is 11.5. The predicted molar refractivity (Wildman–Crippen MR) is 225 cm³/mol. The van der Waals surface area contributed by atoms with Crippen molar-refractivity contribution in [3.8, 4) is 23.0 Å². The topological polar surface area (TPSA) is 74.1 Å². The van der Waals surface area contributed by atoms with Crippen molar-refractivity contribution in [2.45, 2.75) is 40.8 Å². The fourth-order valence-electron chi connectivity index (χ4n) is 7.75. The molecule has 2 heterocycles. The molecule has 0 bridgehead atoms. The number of fused-ring (bicyclic) bond motifs is 6. The van der Waals surface area contributed by atoms with Crippen LogP contribution in [0.25, 0.3) is 43.6 Å². The molecule has 0 aliphatic carbocycles. The lowest BCUT2D eigenvalue weighted by Crippen LogP contribution is -2.02. The molecular formula is C48H42N4O2. The quantitative estimate of drug-likeness (QED) is 0.114. The zero-order chi connectivity index (χ0) is 36.8. The molecule has 0 amide bonds. The van der Waals surface area contributed by atoms with Gasteiger partial charge in [0.05, 0.1) is 0 Å². The van der Waals surface area contributed by atoms with E-state index in [-0.39, 0.29) is 0 Å². The van der Waals surface area contributed by atoms with Crippen molar-refractivity contribution in [1.29, 1.82) is 0 Å². The van der Waals surface area contributed by atoms with Gasteiger partial charge in [0, 0.05) is 68.1 Å². The van der Waals surface area contributed by atoms with Crippen LogP contribution in [0.4, 0.5) is 11.4 Å². The number of nitrogens with one attached hydrogen (secondary N) is 4. The number of para-hydroxylation sites is 2. The summed E-state index contributed by atoms with van der Waals surface area (Å²) >= 11 is 0. The van der Waals surface area contributed by atoms with Gasteiger partial charge in [0.2, 0.25) is 0 Å². The molecule has 6 nitrogen and oxygen atoms in total. The standard InChI is InChI=1S/C48H42N4O2/c1-29-25-33(31(3)45-41-9-5-7-11-43(41)51-47(29)45)27-49-35-13-17-37(18-14-35)53-39-21-23-40(24-22-39)54-38-19-15-36(16-20-38)50-28-34-26-30(2)48-46(32(34)4)42-10-6-8-12-44(42)52-48/h5-26,49-52H,27-28H2,1-4H3. The molecule has 54 heavy (non-hydrogen) atoms. The Bertz CT molecular complexity index is 2600. The highest BCUT2D eigenvalue weighted by Gasteiger charge is 2.14. The van der Waals surface area contributed by atoms with E-state index in [1.165, 1.54) is 77.0 Å². The maximum Gasteiger partial charge on any atom is 0.127 e. The first-order chi connectivity index (χ1) is 26.4. The number of benzene rings is 7. The Morgan fingerprint density at radius 2 is 0.796 bits per heavy atom. The summed E-state index contributed by atoms with van der Waals surface area (Å²) in [5.74, 6) is 3.04. The minimum Gasteiger partial charge on any atom is -0.457 e. The largest absolute Gasteiger partial charge is 0.457 e. The first kappa shape index (κ1) is 33.2. The van der Waals surface area contributed by atoms with Crippen molar-refractivity contribution in [3.63, 3.8) is 0 Å². The molecule has 0 fully saturated rings. The van der Waals surface area contributed by atoms with Crippen LogP contribution in [0, 0.1) is 27.7 Å². The van der Waals surface area contributed by atoms with E-state index in [9.17, 15) is 0 Å². The molecule has 4 N–H and O–H groups in total. The van der Waals surface area contributed by atoms with Crippen LogP contribution in [0.15, 0.2) is 133 Å². The number of rotatable bonds is 10. The number of aromatic amines is 2.